The minimum atomic E-state index is 0.121. The van der Waals surface area contributed by atoms with Crippen LogP contribution in [0.1, 0.15) is 11.1 Å². The topological polar surface area (TPSA) is 98.8 Å². The van der Waals surface area contributed by atoms with Crippen molar-refractivity contribution in [3.63, 3.8) is 0 Å². The van der Waals surface area contributed by atoms with Crippen LogP contribution in [0.25, 0.3) is 22.0 Å². The number of aryl methyl sites for hydroxylation is 1. The summed E-state index contributed by atoms with van der Waals surface area (Å²) < 4.78 is 1.94. The van der Waals surface area contributed by atoms with E-state index >= 15 is 0 Å². The molecule has 2 aromatic heterocycles. The van der Waals surface area contributed by atoms with E-state index in [4.69, 9.17) is 16.7 Å². The number of aliphatic hydroxyl groups excluding tert-OH is 1. The Morgan fingerprint density at radius 3 is 2.58 bits per heavy atom. The zero-order valence-electron chi connectivity index (χ0n) is 20.6. The summed E-state index contributed by atoms with van der Waals surface area (Å²) in [7, 11) is 1.94. The molecule has 190 valence electrons. The van der Waals surface area contributed by atoms with Gasteiger partial charge in [0, 0.05) is 54.7 Å². The Labute approximate surface area is 230 Å². The van der Waals surface area contributed by atoms with Crippen molar-refractivity contribution in [3.8, 4) is 17.2 Å². The quantitative estimate of drug-likeness (QED) is 0.193. The second-order valence-electron chi connectivity index (χ2n) is 8.68. The smallest absolute Gasteiger partial charge is 0.172 e. The summed E-state index contributed by atoms with van der Waals surface area (Å²) in [5, 5.41) is 27.6. The first-order valence-electron chi connectivity index (χ1n) is 12.0. The highest BCUT2D eigenvalue weighted by molar-refractivity contribution is 7.99. The summed E-state index contributed by atoms with van der Waals surface area (Å²) in [4.78, 5) is 9.79. The van der Waals surface area contributed by atoms with Gasteiger partial charge in [0.2, 0.25) is 0 Å². The van der Waals surface area contributed by atoms with Gasteiger partial charge in [0.15, 0.2) is 5.16 Å². The van der Waals surface area contributed by atoms with Crippen molar-refractivity contribution in [2.75, 3.05) is 18.5 Å². The van der Waals surface area contributed by atoms with Crippen LogP contribution < -0.4 is 10.6 Å². The molecular formula is C29H25ClN6OS. The number of benzene rings is 3. The molecule has 0 aliphatic carbocycles. The molecule has 38 heavy (non-hydrogen) atoms. The third-order valence-electron chi connectivity index (χ3n) is 6.07. The average Bonchev–Trinajstić information content (AvgIpc) is 3.34. The van der Waals surface area contributed by atoms with E-state index in [1.807, 2.05) is 54.2 Å². The number of rotatable bonds is 9. The molecule has 0 saturated carbocycles. The van der Waals surface area contributed by atoms with E-state index in [0.717, 1.165) is 43.3 Å². The predicted molar refractivity (Wildman–Crippen MR) is 153 cm³/mol. The first-order valence-corrected chi connectivity index (χ1v) is 13.2. The molecular weight excluding hydrogens is 516 g/mol. The number of hydrogen-bond acceptors (Lipinski definition) is 7. The molecule has 3 N–H and O–H groups in total. The molecule has 0 atom stereocenters. The fourth-order valence-corrected chi connectivity index (χ4v) is 5.18. The van der Waals surface area contributed by atoms with Crippen molar-refractivity contribution in [3.05, 3.63) is 95.4 Å². The van der Waals surface area contributed by atoms with Crippen molar-refractivity contribution in [2.45, 2.75) is 16.6 Å². The van der Waals surface area contributed by atoms with Gasteiger partial charge in [0.05, 0.1) is 28.4 Å². The summed E-state index contributed by atoms with van der Waals surface area (Å²) >= 11 is 8.10. The first-order chi connectivity index (χ1) is 18.6. The van der Waals surface area contributed by atoms with Gasteiger partial charge in [-0.1, -0.05) is 59.8 Å². The monoisotopic (exact) mass is 540 g/mol. The third kappa shape index (κ3) is 5.67. The SMILES string of the molecule is Cn1ccnc1Sc1ccc(Nc2c(C#N)cnc3cc(-c4ccc(CNCCO)cc4)ccc23)cc1Cl. The minimum absolute atomic E-state index is 0.121. The third-order valence-corrected chi connectivity index (χ3v) is 7.65. The van der Waals surface area contributed by atoms with Gasteiger partial charge in [-0.3, -0.25) is 4.98 Å². The Hall–Kier alpha value is -3.87. The Morgan fingerprint density at radius 2 is 1.87 bits per heavy atom. The van der Waals surface area contributed by atoms with Crippen molar-refractivity contribution >= 4 is 45.6 Å². The molecule has 0 fully saturated rings. The number of hydrogen-bond donors (Lipinski definition) is 3. The molecule has 0 spiro atoms. The normalized spacial score (nSPS) is 11.0. The first kappa shape index (κ1) is 25.8. The molecule has 5 aromatic rings. The van der Waals surface area contributed by atoms with E-state index in [1.165, 1.54) is 11.8 Å². The van der Waals surface area contributed by atoms with Crippen LogP contribution in [0, 0.1) is 11.3 Å². The summed E-state index contributed by atoms with van der Waals surface area (Å²) in [6, 6.07) is 22.3. The molecule has 0 aliphatic rings. The van der Waals surface area contributed by atoms with Crippen LogP contribution >= 0.6 is 23.4 Å². The van der Waals surface area contributed by atoms with E-state index in [0.29, 0.717) is 29.4 Å². The van der Waals surface area contributed by atoms with Gasteiger partial charge in [-0.25, -0.2) is 4.98 Å². The lowest BCUT2D eigenvalue weighted by Gasteiger charge is -2.14. The van der Waals surface area contributed by atoms with Crippen LogP contribution in [-0.2, 0) is 13.6 Å². The second kappa shape index (κ2) is 11.7. The highest BCUT2D eigenvalue weighted by Crippen LogP contribution is 2.36. The molecule has 5 rings (SSSR count). The van der Waals surface area contributed by atoms with Gasteiger partial charge in [-0.05, 0) is 41.0 Å². The largest absolute Gasteiger partial charge is 0.395 e. The second-order valence-corrected chi connectivity index (χ2v) is 10.1. The highest BCUT2D eigenvalue weighted by Gasteiger charge is 2.13. The van der Waals surface area contributed by atoms with E-state index in [2.05, 4.69) is 50.9 Å². The summed E-state index contributed by atoms with van der Waals surface area (Å²) in [6.45, 7) is 1.40. The minimum Gasteiger partial charge on any atom is -0.395 e. The zero-order valence-corrected chi connectivity index (χ0v) is 22.2. The van der Waals surface area contributed by atoms with Gasteiger partial charge in [-0.2, -0.15) is 5.26 Å². The molecule has 0 amide bonds. The van der Waals surface area contributed by atoms with Gasteiger partial charge in [0.1, 0.15) is 6.07 Å². The average molecular weight is 541 g/mol. The number of halogens is 1. The zero-order chi connectivity index (χ0) is 26.5. The number of nitriles is 1. The summed E-state index contributed by atoms with van der Waals surface area (Å²) in [5.41, 5.74) is 5.96. The molecule has 0 saturated heterocycles. The van der Waals surface area contributed by atoms with Crippen molar-refractivity contribution < 1.29 is 5.11 Å². The molecule has 0 unspecified atom stereocenters. The lowest BCUT2D eigenvalue weighted by atomic mass is 10.0. The van der Waals surface area contributed by atoms with Gasteiger partial charge in [0.25, 0.3) is 0 Å². The van der Waals surface area contributed by atoms with Crippen LogP contribution in [0.3, 0.4) is 0 Å². The molecule has 3 aromatic carbocycles. The lowest BCUT2D eigenvalue weighted by molar-refractivity contribution is 0.292. The van der Waals surface area contributed by atoms with E-state index in [9.17, 15) is 5.26 Å². The number of pyridine rings is 1. The molecule has 0 radical (unpaired) electrons. The van der Waals surface area contributed by atoms with E-state index < -0.39 is 0 Å². The van der Waals surface area contributed by atoms with Crippen molar-refractivity contribution in [1.82, 2.24) is 19.9 Å². The Bertz CT molecular complexity index is 1630. The maximum atomic E-state index is 9.77. The van der Waals surface area contributed by atoms with Gasteiger partial charge in [-0.15, -0.1) is 0 Å². The number of imidazole rings is 1. The fourth-order valence-electron chi connectivity index (χ4n) is 4.07. The van der Waals surface area contributed by atoms with Gasteiger partial charge < -0.3 is 20.3 Å². The van der Waals surface area contributed by atoms with Crippen LogP contribution in [0.5, 0.6) is 0 Å². The molecule has 9 heteroatoms. The van der Waals surface area contributed by atoms with Crippen LogP contribution in [0.4, 0.5) is 11.4 Å². The number of aromatic nitrogens is 3. The van der Waals surface area contributed by atoms with Crippen LogP contribution in [0.2, 0.25) is 5.02 Å². The molecule has 2 heterocycles. The maximum absolute atomic E-state index is 9.77. The van der Waals surface area contributed by atoms with Gasteiger partial charge >= 0.3 is 0 Å². The number of fused-ring (bicyclic) bond motifs is 1. The number of nitrogens with one attached hydrogen (secondary N) is 2. The number of aliphatic hydroxyl groups is 1. The predicted octanol–water partition coefficient (Wildman–Crippen LogP) is 6.14. The fraction of sp³-hybridized carbons (Fsp3) is 0.138. The Kier molecular flexibility index (Phi) is 7.91. The lowest BCUT2D eigenvalue weighted by Crippen LogP contribution is -2.17. The Morgan fingerprint density at radius 1 is 1.05 bits per heavy atom. The molecule has 0 bridgehead atoms. The standard InChI is InChI=1S/C29H25ClN6OS/c1-36-12-10-33-29(36)38-27-9-7-23(15-25(27)30)35-28-22(16-31)18-34-26-14-21(6-8-24(26)28)20-4-2-19(3-5-20)17-32-11-13-37/h2-10,12,14-15,18,32,37H,11,13,17H2,1H3,(H,34,35). The van der Waals surface area contributed by atoms with Crippen LogP contribution in [-0.4, -0.2) is 32.8 Å². The number of anilines is 2. The highest BCUT2D eigenvalue weighted by atomic mass is 35.5. The van der Waals surface area contributed by atoms with E-state index in [-0.39, 0.29) is 6.61 Å². The van der Waals surface area contributed by atoms with E-state index in [1.54, 1.807) is 12.4 Å². The molecule has 0 aliphatic heterocycles. The van der Waals surface area contributed by atoms with Crippen molar-refractivity contribution in [2.24, 2.45) is 7.05 Å². The summed E-state index contributed by atoms with van der Waals surface area (Å²) in [6.07, 6.45) is 5.24. The maximum Gasteiger partial charge on any atom is 0.172 e. The van der Waals surface area contributed by atoms with Crippen LogP contribution in [0.15, 0.2) is 89.3 Å². The Balaban J connectivity index is 1.41. The molecule has 7 nitrogen and oxygen atoms in total. The van der Waals surface area contributed by atoms with Crippen molar-refractivity contribution in [1.29, 1.82) is 5.26 Å². The summed E-state index contributed by atoms with van der Waals surface area (Å²) in [5.74, 6) is 0. The number of nitrogens with zero attached hydrogens (tertiary/aromatic N) is 4.